The summed E-state index contributed by atoms with van der Waals surface area (Å²) in [5.41, 5.74) is 2.73. The van der Waals surface area contributed by atoms with E-state index in [0.717, 1.165) is 31.7 Å². The van der Waals surface area contributed by atoms with Crippen LogP contribution >= 0.6 is 0 Å². The van der Waals surface area contributed by atoms with Crippen molar-refractivity contribution in [3.63, 3.8) is 0 Å². The fraction of sp³-hybridized carbons (Fsp3) is 0.471. The molecule has 3 nitrogen and oxygen atoms in total. The van der Waals surface area contributed by atoms with E-state index < -0.39 is 0 Å². The summed E-state index contributed by atoms with van der Waals surface area (Å²) in [6.07, 6.45) is 3.03. The molecule has 0 aliphatic carbocycles. The number of rotatable bonds is 3. The van der Waals surface area contributed by atoms with Crippen molar-refractivity contribution in [2.45, 2.75) is 32.4 Å². The number of fused-ring (bicyclic) bond motifs is 1. The molecule has 1 aliphatic rings. The zero-order valence-corrected chi connectivity index (χ0v) is 12.4. The van der Waals surface area contributed by atoms with Crippen LogP contribution < -0.4 is 5.32 Å². The number of nitrogens with zero attached hydrogens (tertiary/aromatic N) is 2. The molecular weight excluding hydrogens is 246 g/mol. The van der Waals surface area contributed by atoms with Crippen LogP contribution in [0.4, 0.5) is 0 Å². The zero-order chi connectivity index (χ0) is 14.0. The Bertz CT molecular complexity index is 596. The number of piperazine rings is 1. The highest BCUT2D eigenvalue weighted by molar-refractivity contribution is 5.78. The van der Waals surface area contributed by atoms with Gasteiger partial charge in [0.2, 0.25) is 0 Å². The summed E-state index contributed by atoms with van der Waals surface area (Å²) < 4.78 is 0. The van der Waals surface area contributed by atoms with E-state index in [1.807, 2.05) is 12.3 Å². The molecule has 1 aromatic carbocycles. The highest BCUT2D eigenvalue weighted by atomic mass is 15.2. The number of hydrogen-bond acceptors (Lipinski definition) is 3. The highest BCUT2D eigenvalue weighted by Gasteiger charge is 2.32. The minimum Gasteiger partial charge on any atom is -0.314 e. The van der Waals surface area contributed by atoms with E-state index in [2.05, 4.69) is 53.3 Å². The van der Waals surface area contributed by atoms with Crippen LogP contribution in [0.25, 0.3) is 10.9 Å². The van der Waals surface area contributed by atoms with Gasteiger partial charge in [-0.05, 0) is 37.1 Å². The highest BCUT2D eigenvalue weighted by Crippen LogP contribution is 2.24. The number of nitrogens with one attached hydrogen (secondary N) is 1. The van der Waals surface area contributed by atoms with Gasteiger partial charge in [-0.2, -0.15) is 0 Å². The fourth-order valence-corrected chi connectivity index (χ4v) is 3.02. The third kappa shape index (κ3) is 2.56. The summed E-state index contributed by atoms with van der Waals surface area (Å²) in [5, 5.41) is 4.75. The molecule has 0 amide bonds. The molecule has 2 heterocycles. The molecule has 20 heavy (non-hydrogen) atoms. The fourth-order valence-electron chi connectivity index (χ4n) is 3.02. The molecule has 0 saturated carbocycles. The number of hydrogen-bond donors (Lipinski definition) is 1. The maximum atomic E-state index is 4.39. The van der Waals surface area contributed by atoms with Crippen molar-refractivity contribution in [3.8, 4) is 0 Å². The summed E-state index contributed by atoms with van der Waals surface area (Å²) in [6.45, 7) is 8.96. The van der Waals surface area contributed by atoms with Crippen molar-refractivity contribution in [1.29, 1.82) is 0 Å². The molecule has 1 aromatic heterocycles. The van der Waals surface area contributed by atoms with Gasteiger partial charge in [0.15, 0.2) is 0 Å². The summed E-state index contributed by atoms with van der Waals surface area (Å²) in [6, 6.07) is 10.8. The summed E-state index contributed by atoms with van der Waals surface area (Å²) in [5.74, 6) is 0. The standard InChI is InChI=1S/C17H23N3/c1-3-17(2)13-18-9-10-20(17)12-14-6-7-16-15(11-14)5-4-8-19-16/h4-8,11,18H,3,9-10,12-13H2,1-2H3. The van der Waals surface area contributed by atoms with Crippen molar-refractivity contribution >= 4 is 10.9 Å². The van der Waals surface area contributed by atoms with Crippen LogP contribution in [-0.4, -0.2) is 35.1 Å². The monoisotopic (exact) mass is 269 g/mol. The largest absolute Gasteiger partial charge is 0.314 e. The van der Waals surface area contributed by atoms with Gasteiger partial charge in [-0.15, -0.1) is 0 Å². The lowest BCUT2D eigenvalue weighted by atomic mass is 9.93. The average molecular weight is 269 g/mol. The predicted octanol–water partition coefficient (Wildman–Crippen LogP) is 2.81. The molecule has 1 unspecified atom stereocenters. The van der Waals surface area contributed by atoms with Crippen molar-refractivity contribution < 1.29 is 0 Å². The van der Waals surface area contributed by atoms with Gasteiger partial charge in [-0.25, -0.2) is 0 Å². The summed E-state index contributed by atoms with van der Waals surface area (Å²) in [4.78, 5) is 7.00. The van der Waals surface area contributed by atoms with Crippen LogP contribution in [-0.2, 0) is 6.54 Å². The van der Waals surface area contributed by atoms with E-state index in [-0.39, 0.29) is 5.54 Å². The van der Waals surface area contributed by atoms with Gasteiger partial charge < -0.3 is 5.32 Å². The first kappa shape index (κ1) is 13.5. The molecule has 2 aromatic rings. The molecule has 1 fully saturated rings. The van der Waals surface area contributed by atoms with Gasteiger partial charge in [0.1, 0.15) is 0 Å². The first-order chi connectivity index (χ1) is 9.71. The molecule has 0 bridgehead atoms. The van der Waals surface area contributed by atoms with E-state index in [1.54, 1.807) is 0 Å². The molecule has 1 saturated heterocycles. The molecule has 0 radical (unpaired) electrons. The van der Waals surface area contributed by atoms with Gasteiger partial charge in [0.05, 0.1) is 5.52 Å². The zero-order valence-electron chi connectivity index (χ0n) is 12.4. The topological polar surface area (TPSA) is 28.2 Å². The Kier molecular flexibility index (Phi) is 3.72. The Morgan fingerprint density at radius 1 is 1.35 bits per heavy atom. The van der Waals surface area contributed by atoms with Gasteiger partial charge in [0, 0.05) is 43.3 Å². The van der Waals surface area contributed by atoms with Crippen LogP contribution in [0.3, 0.4) is 0 Å². The van der Waals surface area contributed by atoms with Gasteiger partial charge in [-0.1, -0.05) is 19.1 Å². The van der Waals surface area contributed by atoms with Crippen molar-refractivity contribution in [2.75, 3.05) is 19.6 Å². The van der Waals surface area contributed by atoms with E-state index in [1.165, 1.54) is 17.4 Å². The van der Waals surface area contributed by atoms with Crippen LogP contribution in [0.2, 0.25) is 0 Å². The van der Waals surface area contributed by atoms with Gasteiger partial charge in [-0.3, -0.25) is 9.88 Å². The van der Waals surface area contributed by atoms with Crippen molar-refractivity contribution in [2.24, 2.45) is 0 Å². The molecule has 1 aliphatic heterocycles. The SMILES string of the molecule is CCC1(C)CNCCN1Cc1ccc2ncccc2c1. The average Bonchev–Trinajstić information content (AvgIpc) is 2.49. The minimum absolute atomic E-state index is 0.266. The molecule has 1 N–H and O–H groups in total. The maximum Gasteiger partial charge on any atom is 0.0702 e. The molecule has 0 spiro atoms. The predicted molar refractivity (Wildman–Crippen MR) is 83.7 cm³/mol. The Balaban J connectivity index is 1.84. The van der Waals surface area contributed by atoms with Crippen molar-refractivity contribution in [3.05, 3.63) is 42.1 Å². The quantitative estimate of drug-likeness (QED) is 0.928. The second kappa shape index (κ2) is 5.51. The van der Waals surface area contributed by atoms with E-state index in [0.29, 0.717) is 0 Å². The molecule has 3 rings (SSSR count). The van der Waals surface area contributed by atoms with Crippen LogP contribution in [0, 0.1) is 0 Å². The van der Waals surface area contributed by atoms with Gasteiger partial charge in [0.25, 0.3) is 0 Å². The first-order valence-electron chi connectivity index (χ1n) is 7.51. The second-order valence-electron chi connectivity index (χ2n) is 5.98. The lowest BCUT2D eigenvalue weighted by Crippen LogP contribution is -2.58. The molecule has 1 atom stereocenters. The Morgan fingerprint density at radius 3 is 3.10 bits per heavy atom. The first-order valence-corrected chi connectivity index (χ1v) is 7.51. The van der Waals surface area contributed by atoms with Gasteiger partial charge >= 0.3 is 0 Å². The van der Waals surface area contributed by atoms with E-state index in [4.69, 9.17) is 0 Å². The summed E-state index contributed by atoms with van der Waals surface area (Å²) >= 11 is 0. The third-order valence-corrected chi connectivity index (χ3v) is 4.63. The second-order valence-corrected chi connectivity index (χ2v) is 5.98. The third-order valence-electron chi connectivity index (χ3n) is 4.63. The lowest BCUT2D eigenvalue weighted by molar-refractivity contribution is 0.0638. The Hall–Kier alpha value is -1.45. The van der Waals surface area contributed by atoms with Crippen LogP contribution in [0.15, 0.2) is 36.5 Å². The smallest absolute Gasteiger partial charge is 0.0702 e. The minimum atomic E-state index is 0.266. The number of benzene rings is 1. The molecular formula is C17H23N3. The van der Waals surface area contributed by atoms with Crippen molar-refractivity contribution in [1.82, 2.24) is 15.2 Å². The Labute approximate surface area is 121 Å². The lowest BCUT2D eigenvalue weighted by Gasteiger charge is -2.45. The number of pyridine rings is 1. The van der Waals surface area contributed by atoms with Crippen LogP contribution in [0.5, 0.6) is 0 Å². The molecule has 106 valence electrons. The Morgan fingerprint density at radius 2 is 2.25 bits per heavy atom. The van der Waals surface area contributed by atoms with E-state index >= 15 is 0 Å². The number of aromatic nitrogens is 1. The maximum absolute atomic E-state index is 4.39. The summed E-state index contributed by atoms with van der Waals surface area (Å²) in [7, 11) is 0. The van der Waals surface area contributed by atoms with Crippen LogP contribution in [0.1, 0.15) is 25.8 Å². The van der Waals surface area contributed by atoms with E-state index in [9.17, 15) is 0 Å². The normalized spacial score (nSPS) is 24.1. The molecule has 3 heteroatoms.